The van der Waals surface area contributed by atoms with Crippen molar-refractivity contribution in [3.63, 3.8) is 0 Å². The predicted molar refractivity (Wildman–Crippen MR) is 480 cm³/mol. The number of aromatic nitrogens is 24. The molecule has 0 aliphatic heterocycles. The van der Waals surface area contributed by atoms with Crippen molar-refractivity contribution in [2.24, 2.45) is 73.2 Å². The minimum Gasteiger partial charge on any atom is -0.482 e. The molecule has 124 heavy (non-hydrogen) atoms. The van der Waals surface area contributed by atoms with E-state index in [-0.39, 0.29) is 73.8 Å². The van der Waals surface area contributed by atoms with Crippen molar-refractivity contribution in [1.82, 2.24) is 119 Å². The average Bonchev–Trinajstić information content (AvgIpc) is 1.42. The number of hydrogen-bond acceptors (Lipinski definition) is 32. The lowest BCUT2D eigenvalue weighted by molar-refractivity contribution is 0.122. The van der Waals surface area contributed by atoms with E-state index in [4.69, 9.17) is 57.0 Å². The van der Waals surface area contributed by atoms with Gasteiger partial charge in [0.05, 0.1) is 58.4 Å². The molecule has 0 atom stereocenters. The van der Waals surface area contributed by atoms with Crippen LogP contribution >= 0.6 is 98.7 Å². The number of nitrogens with zero attached hydrogens (tertiary/aromatic N) is 30. The number of thioether (sulfide) groups is 1. The van der Waals surface area contributed by atoms with E-state index in [1.54, 1.807) is 109 Å². The van der Waals surface area contributed by atoms with Crippen LogP contribution < -0.4 is 34.1 Å². The Balaban J connectivity index is 0.000000205. The number of oxime groups is 6. The van der Waals surface area contributed by atoms with E-state index in [1.165, 1.54) is 70.4 Å². The number of rotatable bonds is 27. The first kappa shape index (κ1) is 99.1. The van der Waals surface area contributed by atoms with E-state index in [0.717, 1.165) is 100 Å². The van der Waals surface area contributed by atoms with Crippen molar-refractivity contribution in [3.8, 4) is 34.1 Å². The highest BCUT2D eigenvalue weighted by atomic mass is 79.9. The van der Waals surface area contributed by atoms with Gasteiger partial charge in [-0.2, -0.15) is 56.2 Å². The van der Waals surface area contributed by atoms with Crippen molar-refractivity contribution in [2.75, 3.05) is 13.4 Å². The number of tetrazole rings is 6. The van der Waals surface area contributed by atoms with Crippen LogP contribution in [-0.2, 0) is 116 Å². The first-order valence-electron chi connectivity index (χ1n) is 36.9. The van der Waals surface area contributed by atoms with Crippen LogP contribution in [0, 0.1) is 0 Å². The Bertz CT molecular complexity index is 5880. The summed E-state index contributed by atoms with van der Waals surface area (Å²) < 4.78 is 22.3. The molecule has 0 spiro atoms. The summed E-state index contributed by atoms with van der Waals surface area (Å²) >= 11 is 27.6. The molecule has 12 aromatic rings. The Hall–Kier alpha value is -12.0. The minimum atomic E-state index is -0.380. The molecule has 43 nitrogen and oxygen atoms in total. The molecule has 0 radical (unpaired) electrons. The summed E-state index contributed by atoms with van der Waals surface area (Å²) in [6, 6.07) is 32.2. The summed E-state index contributed by atoms with van der Waals surface area (Å²) in [4.78, 5) is 103. The van der Waals surface area contributed by atoms with Crippen molar-refractivity contribution in [2.45, 2.75) is 121 Å². The molecule has 0 fully saturated rings. The third-order valence-corrected chi connectivity index (χ3v) is 20.8. The van der Waals surface area contributed by atoms with Gasteiger partial charge in [-0.25, -0.2) is 28.8 Å². The van der Waals surface area contributed by atoms with Crippen LogP contribution in [0.5, 0.6) is 0 Å². The molecule has 6 aromatic heterocycles. The quantitative estimate of drug-likeness (QED) is 0.0262. The van der Waals surface area contributed by atoms with Crippen LogP contribution in [0.15, 0.2) is 187 Å². The molecule has 0 aliphatic rings. The number of halogens is 6. The zero-order valence-electron chi connectivity index (χ0n) is 70.2. The topological polar surface area (TPSA) is 455 Å². The molecule has 0 amide bonds. The van der Waals surface area contributed by atoms with Crippen LogP contribution in [0.4, 0.5) is 0 Å². The zero-order chi connectivity index (χ0) is 90.9. The van der Waals surface area contributed by atoms with Crippen molar-refractivity contribution >= 4 is 133 Å². The van der Waals surface area contributed by atoms with Crippen LogP contribution in [0.3, 0.4) is 0 Å². The fourth-order valence-corrected chi connectivity index (χ4v) is 12.3. The maximum absolute atomic E-state index is 12.0. The Labute approximate surface area is 755 Å². The minimum absolute atomic E-state index is 0.0682. The van der Waals surface area contributed by atoms with Gasteiger partial charge in [0.25, 0.3) is 0 Å². The Morgan fingerprint density at radius 1 is 0.379 bits per heavy atom. The van der Waals surface area contributed by atoms with Gasteiger partial charge in [-0.3, -0.25) is 0 Å². The molecular weight excluding hydrogens is 1940 g/mol. The summed E-state index contributed by atoms with van der Waals surface area (Å²) in [5, 5.41) is 70.2. The fraction of sp³-hybridized carbons (Fsp3) is 0.351. The Morgan fingerprint density at radius 2 is 0.645 bits per heavy atom. The van der Waals surface area contributed by atoms with Crippen LogP contribution in [0.2, 0.25) is 10.0 Å². The molecule has 6 heterocycles. The number of benzene rings is 6. The summed E-state index contributed by atoms with van der Waals surface area (Å²) in [5.74, 6) is 0.375. The number of aryl methyl sites for hydroxylation is 6. The molecule has 0 unspecified atom stereocenters. The molecule has 50 heteroatoms. The molecule has 6 aromatic carbocycles. The van der Waals surface area contributed by atoms with E-state index >= 15 is 0 Å². The van der Waals surface area contributed by atoms with Gasteiger partial charge in [0, 0.05) is 117 Å². The normalized spacial score (nSPS) is 11.4. The SMILES string of the molecule is CC(C)=NOCc1c(Br)cccc1-n1nnn(C)c1=O.CC=NOCc1c(Br)cccc1-n1nnn(C)c1=O.CCC(C)=NOCc1c(Br)cccc1-n1nnn(C)c1=O.CCCC(C)=NOCc1c(Br)cccc1-n1nnn(C)c1=O.COC(C)=NOCc1c(Cl)cccc1-n1nnn(C)c1=O.CSC(C)=NOCc1c(Cl)cccc1-n1nnn(C)c1=O. The zero-order valence-corrected chi connectivity index (χ0v) is 78.9. The lowest BCUT2D eigenvalue weighted by Gasteiger charge is -2.09. The van der Waals surface area contributed by atoms with E-state index < -0.39 is 0 Å². The van der Waals surface area contributed by atoms with Crippen molar-refractivity contribution in [3.05, 3.63) is 233 Å². The van der Waals surface area contributed by atoms with Gasteiger partial charge in [0.2, 0.25) is 5.90 Å². The lowest BCUT2D eigenvalue weighted by Crippen LogP contribution is -2.23. The third kappa shape index (κ3) is 27.5. The van der Waals surface area contributed by atoms with Crippen LogP contribution in [0.25, 0.3) is 34.1 Å². The van der Waals surface area contributed by atoms with Gasteiger partial charge in [-0.15, -0.1) is 11.8 Å². The monoisotopic (exact) mass is 2020 g/mol. The van der Waals surface area contributed by atoms with E-state index in [1.807, 2.05) is 96.3 Å². The molecule has 0 aliphatic carbocycles. The summed E-state index contributed by atoms with van der Waals surface area (Å²) in [5.41, 5.74) is 8.45. The molecule has 660 valence electrons. The number of hydrogen-bond donors (Lipinski definition) is 0. The molecule has 0 N–H and O–H groups in total. The smallest absolute Gasteiger partial charge is 0.368 e. The summed E-state index contributed by atoms with van der Waals surface area (Å²) in [6.07, 6.45) is 6.19. The maximum atomic E-state index is 12.0. The summed E-state index contributed by atoms with van der Waals surface area (Å²) in [7, 11) is 10.7. The van der Waals surface area contributed by atoms with Gasteiger partial charge in [-0.1, -0.05) is 175 Å². The van der Waals surface area contributed by atoms with Gasteiger partial charge < -0.3 is 33.8 Å². The molecular formula is C74H88Br4Cl2N30O13S. The van der Waals surface area contributed by atoms with E-state index in [9.17, 15) is 28.8 Å². The molecule has 12 rings (SSSR count). The average molecular weight is 2030 g/mol. The first-order valence-corrected chi connectivity index (χ1v) is 42.0. The highest BCUT2D eigenvalue weighted by Crippen LogP contribution is 2.29. The van der Waals surface area contributed by atoms with Gasteiger partial charge in [0.15, 0.2) is 0 Å². The van der Waals surface area contributed by atoms with E-state index in [0.29, 0.717) is 61.2 Å². The first-order chi connectivity index (χ1) is 59.3. The Morgan fingerprint density at radius 3 is 0.911 bits per heavy atom. The highest BCUT2D eigenvalue weighted by molar-refractivity contribution is 9.11. The van der Waals surface area contributed by atoms with Crippen molar-refractivity contribution in [1.29, 1.82) is 0 Å². The summed E-state index contributed by atoms with van der Waals surface area (Å²) in [6.45, 7) is 18.0. The number of ether oxygens (including phenoxy) is 1. The highest BCUT2D eigenvalue weighted by Gasteiger charge is 2.21. The molecule has 0 saturated carbocycles. The fourth-order valence-electron chi connectivity index (χ4n) is 9.86. The maximum Gasteiger partial charge on any atom is 0.368 e. The van der Waals surface area contributed by atoms with E-state index in [2.05, 4.69) is 164 Å². The second-order valence-corrected chi connectivity index (χ2v) is 30.9. The standard InChI is InChI=1S/C14H18BrN5O2.C13H16BrN5O2.C12H14BrN5O2.C12H14ClN5O3.C12H14ClN5O2S.C11H12BrN5O2/c1-4-6-10(2)16-22-9-11-12(15)7-5-8-13(11)20-14(21)19(3)17-18-20;1-4-9(2)15-21-8-10-11(14)6-5-7-12(10)19-13(20)18(3)16-17-19;1-8(2)14-20-7-9-10(13)5-4-6-11(9)18-12(19)17(3)15-16-18;1-8(20-3)14-21-7-9-10(13)5-4-6-11(9)18-12(19)17(2)15-16-18;1-8(21-3)14-20-7-9-10(13)5-4-6-11(9)18-12(19)17(2)15-16-18;1-3-13-19-7-8-9(12)5-4-6-10(8)17-11(18)16(2)14-15-17/h5,7-8H,4,6,9H2,1-3H3;5-7H,4,8H2,1-3H3;4-6H,7H2,1-3H3;2*4-6H,7H2,1-3H3;3-6H,7H2,1-2H3. The molecule has 0 bridgehead atoms. The van der Waals surface area contributed by atoms with Gasteiger partial charge in [-0.05, 0) is 196 Å². The largest absolute Gasteiger partial charge is 0.482 e. The third-order valence-electron chi connectivity index (χ3n) is 16.5. The Kier molecular flexibility index (Phi) is 39.4. The van der Waals surface area contributed by atoms with Gasteiger partial charge in [0.1, 0.15) is 44.7 Å². The second kappa shape index (κ2) is 49.3. The van der Waals surface area contributed by atoms with Crippen LogP contribution in [-0.4, -0.2) is 166 Å². The second-order valence-electron chi connectivity index (χ2n) is 25.6. The van der Waals surface area contributed by atoms with Crippen molar-refractivity contribution < 1.29 is 33.8 Å². The predicted octanol–water partition coefficient (Wildman–Crippen LogP) is 10.3. The van der Waals surface area contributed by atoms with Crippen LogP contribution in [0.1, 0.15) is 115 Å². The number of methoxy groups -OCH3 is 1. The lowest BCUT2D eigenvalue weighted by atomic mass is 10.2. The molecule has 0 saturated heterocycles. The van der Waals surface area contributed by atoms with Gasteiger partial charge >= 0.3 is 34.1 Å².